The van der Waals surface area contributed by atoms with Crippen LogP contribution in [0.1, 0.15) is 18.4 Å². The van der Waals surface area contributed by atoms with E-state index in [9.17, 15) is 4.79 Å². The second-order valence-electron chi connectivity index (χ2n) is 5.67. The zero-order chi connectivity index (χ0) is 14.0. The van der Waals surface area contributed by atoms with E-state index in [1.54, 1.807) is 0 Å². The molecule has 4 nitrogen and oxygen atoms in total. The Hall–Kier alpha value is -1.86. The van der Waals surface area contributed by atoms with Gasteiger partial charge >= 0.3 is 0 Å². The van der Waals surface area contributed by atoms with Gasteiger partial charge in [0.15, 0.2) is 0 Å². The number of hydrogen-bond acceptors (Lipinski definition) is 3. The molecule has 0 bridgehead atoms. The first-order valence-corrected chi connectivity index (χ1v) is 7.20. The third-order valence-electron chi connectivity index (χ3n) is 4.44. The lowest BCUT2D eigenvalue weighted by atomic mass is 9.94. The summed E-state index contributed by atoms with van der Waals surface area (Å²) in [5.41, 5.74) is 0.906. The molecular formula is C16H19N3O. The standard InChI is InChI=1S/C16H19N3O/c17-8-9-18-10-12-19(13-11-18)15(20)16(6-7-16)14-4-2-1-3-5-14/h1-5H,6-7,9-13H2. The molecule has 0 radical (unpaired) electrons. The Balaban J connectivity index is 1.67. The van der Waals surface area contributed by atoms with Crippen LogP contribution in [-0.2, 0) is 10.2 Å². The van der Waals surface area contributed by atoms with E-state index in [2.05, 4.69) is 23.1 Å². The summed E-state index contributed by atoms with van der Waals surface area (Å²) in [6, 6.07) is 12.3. The maximum atomic E-state index is 12.8. The van der Waals surface area contributed by atoms with E-state index in [0.717, 1.165) is 44.6 Å². The van der Waals surface area contributed by atoms with Crippen LogP contribution in [0.5, 0.6) is 0 Å². The molecule has 1 amide bonds. The number of amides is 1. The van der Waals surface area contributed by atoms with Gasteiger partial charge in [0.1, 0.15) is 0 Å². The fraction of sp³-hybridized carbons (Fsp3) is 0.500. The minimum atomic E-state index is -0.251. The lowest BCUT2D eigenvalue weighted by molar-refractivity contribution is -0.135. The number of carbonyl (C=O) groups excluding carboxylic acids is 1. The minimum absolute atomic E-state index is 0.251. The Morgan fingerprint density at radius 2 is 1.80 bits per heavy atom. The second kappa shape index (κ2) is 5.26. The Bertz CT molecular complexity index is 522. The Morgan fingerprint density at radius 3 is 2.35 bits per heavy atom. The van der Waals surface area contributed by atoms with Gasteiger partial charge in [-0.1, -0.05) is 30.3 Å². The fourth-order valence-electron chi connectivity index (χ4n) is 3.02. The molecule has 1 saturated carbocycles. The summed E-state index contributed by atoms with van der Waals surface area (Å²) in [4.78, 5) is 16.9. The first-order chi connectivity index (χ1) is 9.76. The quantitative estimate of drug-likeness (QED) is 0.779. The average Bonchev–Trinajstić information content (AvgIpc) is 3.30. The summed E-state index contributed by atoms with van der Waals surface area (Å²) in [5.74, 6) is 0.278. The van der Waals surface area contributed by atoms with Crippen molar-refractivity contribution in [3.63, 3.8) is 0 Å². The topological polar surface area (TPSA) is 47.3 Å². The zero-order valence-corrected chi connectivity index (χ0v) is 11.6. The van der Waals surface area contributed by atoms with Gasteiger partial charge in [-0.25, -0.2) is 0 Å². The predicted octanol–water partition coefficient (Wildman–Crippen LogP) is 1.39. The van der Waals surface area contributed by atoms with Crippen LogP contribution in [-0.4, -0.2) is 48.4 Å². The maximum absolute atomic E-state index is 12.8. The summed E-state index contributed by atoms with van der Waals surface area (Å²) in [6.45, 7) is 3.57. The largest absolute Gasteiger partial charge is 0.339 e. The second-order valence-corrected chi connectivity index (χ2v) is 5.67. The molecule has 2 aliphatic rings. The number of nitriles is 1. The predicted molar refractivity (Wildman–Crippen MR) is 76.0 cm³/mol. The monoisotopic (exact) mass is 269 g/mol. The van der Waals surface area contributed by atoms with Gasteiger partial charge in [-0.05, 0) is 18.4 Å². The number of carbonyl (C=O) groups is 1. The van der Waals surface area contributed by atoms with Crippen molar-refractivity contribution >= 4 is 5.91 Å². The molecule has 3 rings (SSSR count). The van der Waals surface area contributed by atoms with E-state index in [1.165, 1.54) is 0 Å². The summed E-state index contributed by atoms with van der Waals surface area (Å²) in [7, 11) is 0. The number of benzene rings is 1. The van der Waals surface area contributed by atoms with E-state index >= 15 is 0 Å². The van der Waals surface area contributed by atoms with Crippen LogP contribution in [0.25, 0.3) is 0 Å². The summed E-state index contributed by atoms with van der Waals surface area (Å²) in [5, 5.41) is 8.71. The molecule has 1 aliphatic heterocycles. The number of rotatable bonds is 3. The molecular weight excluding hydrogens is 250 g/mol. The molecule has 0 aromatic heterocycles. The van der Waals surface area contributed by atoms with E-state index in [-0.39, 0.29) is 11.3 Å². The van der Waals surface area contributed by atoms with Gasteiger partial charge in [-0.2, -0.15) is 5.26 Å². The van der Waals surface area contributed by atoms with Gasteiger partial charge in [-0.15, -0.1) is 0 Å². The van der Waals surface area contributed by atoms with Crippen LogP contribution in [0.15, 0.2) is 30.3 Å². The van der Waals surface area contributed by atoms with Crippen molar-refractivity contribution in [3.05, 3.63) is 35.9 Å². The van der Waals surface area contributed by atoms with Crippen LogP contribution >= 0.6 is 0 Å². The maximum Gasteiger partial charge on any atom is 0.233 e. The first kappa shape index (κ1) is 13.1. The Morgan fingerprint density at radius 1 is 1.15 bits per heavy atom. The highest BCUT2D eigenvalue weighted by atomic mass is 16.2. The summed E-state index contributed by atoms with van der Waals surface area (Å²) >= 11 is 0. The van der Waals surface area contributed by atoms with Crippen LogP contribution in [0.3, 0.4) is 0 Å². The minimum Gasteiger partial charge on any atom is -0.339 e. The van der Waals surface area contributed by atoms with Crippen LogP contribution in [0.4, 0.5) is 0 Å². The molecule has 0 spiro atoms. The van der Waals surface area contributed by atoms with Crippen LogP contribution in [0, 0.1) is 11.3 Å². The van der Waals surface area contributed by atoms with E-state index < -0.39 is 0 Å². The highest BCUT2D eigenvalue weighted by Gasteiger charge is 2.53. The van der Waals surface area contributed by atoms with Crippen LogP contribution < -0.4 is 0 Å². The number of nitrogens with zero attached hydrogens (tertiary/aromatic N) is 3. The lowest BCUT2D eigenvalue weighted by Gasteiger charge is -2.35. The first-order valence-electron chi connectivity index (χ1n) is 7.20. The molecule has 1 saturated heterocycles. The van der Waals surface area contributed by atoms with Gasteiger partial charge in [0.2, 0.25) is 5.91 Å². The van der Waals surface area contributed by atoms with Crippen molar-refractivity contribution in [2.24, 2.45) is 0 Å². The molecule has 1 aromatic carbocycles. The molecule has 1 heterocycles. The number of piperazine rings is 1. The van der Waals surface area contributed by atoms with Gasteiger partial charge in [0, 0.05) is 26.2 Å². The molecule has 20 heavy (non-hydrogen) atoms. The lowest BCUT2D eigenvalue weighted by Crippen LogP contribution is -2.51. The smallest absolute Gasteiger partial charge is 0.233 e. The molecule has 2 fully saturated rings. The Kier molecular flexibility index (Phi) is 3.45. The van der Waals surface area contributed by atoms with Crippen molar-refractivity contribution in [1.29, 1.82) is 5.26 Å². The van der Waals surface area contributed by atoms with Gasteiger partial charge in [0.05, 0.1) is 18.0 Å². The summed E-state index contributed by atoms with van der Waals surface area (Å²) in [6.07, 6.45) is 1.93. The molecule has 0 unspecified atom stereocenters. The van der Waals surface area contributed by atoms with Gasteiger partial charge in [0.25, 0.3) is 0 Å². The third-order valence-corrected chi connectivity index (χ3v) is 4.44. The number of hydrogen-bond donors (Lipinski definition) is 0. The zero-order valence-electron chi connectivity index (χ0n) is 11.6. The van der Waals surface area contributed by atoms with Gasteiger partial charge in [-0.3, -0.25) is 9.69 Å². The van der Waals surface area contributed by atoms with Crippen molar-refractivity contribution in [3.8, 4) is 6.07 Å². The highest BCUT2D eigenvalue weighted by molar-refractivity contribution is 5.91. The Labute approximate surface area is 119 Å². The van der Waals surface area contributed by atoms with Gasteiger partial charge < -0.3 is 4.90 Å². The molecule has 0 N–H and O–H groups in total. The molecule has 104 valence electrons. The fourth-order valence-corrected chi connectivity index (χ4v) is 3.02. The molecule has 0 atom stereocenters. The molecule has 1 aliphatic carbocycles. The van der Waals surface area contributed by atoms with Crippen molar-refractivity contribution in [2.45, 2.75) is 18.3 Å². The van der Waals surface area contributed by atoms with Crippen LogP contribution in [0.2, 0.25) is 0 Å². The van der Waals surface area contributed by atoms with Crippen molar-refractivity contribution < 1.29 is 4.79 Å². The normalized spacial score (nSPS) is 21.2. The van der Waals surface area contributed by atoms with E-state index in [0.29, 0.717) is 6.54 Å². The average molecular weight is 269 g/mol. The van der Waals surface area contributed by atoms with E-state index in [1.807, 2.05) is 23.1 Å². The molecule has 4 heteroatoms. The SMILES string of the molecule is N#CCN1CCN(C(=O)C2(c3ccccc3)CC2)CC1. The van der Waals surface area contributed by atoms with Crippen molar-refractivity contribution in [1.82, 2.24) is 9.80 Å². The highest BCUT2D eigenvalue weighted by Crippen LogP contribution is 2.49. The van der Waals surface area contributed by atoms with E-state index in [4.69, 9.17) is 5.26 Å². The molecule has 1 aromatic rings. The third kappa shape index (κ3) is 2.30. The van der Waals surface area contributed by atoms with Crippen molar-refractivity contribution in [2.75, 3.05) is 32.7 Å². The summed E-state index contributed by atoms with van der Waals surface area (Å²) < 4.78 is 0.